The van der Waals surface area contributed by atoms with E-state index in [4.69, 9.17) is 0 Å². The van der Waals surface area contributed by atoms with E-state index in [9.17, 15) is 4.79 Å². The van der Waals surface area contributed by atoms with Crippen molar-refractivity contribution < 1.29 is 4.79 Å². The molecule has 2 heterocycles. The number of benzene rings is 1. The van der Waals surface area contributed by atoms with Crippen molar-refractivity contribution in [2.24, 2.45) is 0 Å². The molecule has 0 saturated heterocycles. The van der Waals surface area contributed by atoms with Crippen LogP contribution in [0, 0.1) is 0 Å². The predicted molar refractivity (Wildman–Crippen MR) is 99.6 cm³/mol. The number of aromatic nitrogens is 3. The zero-order valence-corrected chi connectivity index (χ0v) is 14.7. The molecule has 0 spiro atoms. The number of hydrogen-bond acceptors (Lipinski definition) is 5. The number of nitrogens with zero attached hydrogens (tertiary/aromatic N) is 2. The lowest BCUT2D eigenvalue weighted by Gasteiger charge is -2.26. The van der Waals surface area contributed by atoms with Gasteiger partial charge < -0.3 is 10.6 Å². The van der Waals surface area contributed by atoms with E-state index in [-0.39, 0.29) is 5.91 Å². The van der Waals surface area contributed by atoms with Crippen LogP contribution in [0.5, 0.6) is 0 Å². The molecule has 1 amide bonds. The quantitative estimate of drug-likeness (QED) is 0.653. The molecular formula is C18H21N5OS. The first kappa shape index (κ1) is 16.1. The largest absolute Gasteiger partial charge is 0.369 e. The summed E-state index contributed by atoms with van der Waals surface area (Å²) in [4.78, 5) is 13.9. The Hall–Kier alpha value is -2.41. The Bertz CT molecular complexity index is 838. The van der Waals surface area contributed by atoms with Gasteiger partial charge in [-0.1, -0.05) is 25.3 Å². The minimum absolute atomic E-state index is 0.0367. The van der Waals surface area contributed by atoms with Gasteiger partial charge in [-0.25, -0.2) is 0 Å². The van der Waals surface area contributed by atoms with Gasteiger partial charge in [0.2, 0.25) is 5.91 Å². The summed E-state index contributed by atoms with van der Waals surface area (Å²) in [7, 11) is 0. The second-order valence-electron chi connectivity index (χ2n) is 6.46. The second-order valence-corrected chi connectivity index (χ2v) is 7.44. The van der Waals surface area contributed by atoms with Crippen LogP contribution in [0.15, 0.2) is 35.7 Å². The molecule has 0 radical (unpaired) electrons. The fourth-order valence-electron chi connectivity index (χ4n) is 3.35. The van der Waals surface area contributed by atoms with E-state index in [0.29, 0.717) is 6.04 Å². The average Bonchev–Trinajstić information content (AvgIpc) is 3.31. The summed E-state index contributed by atoms with van der Waals surface area (Å²) in [5, 5.41) is 19.4. The third-order valence-corrected chi connectivity index (χ3v) is 5.61. The van der Waals surface area contributed by atoms with E-state index in [1.54, 1.807) is 11.3 Å². The van der Waals surface area contributed by atoms with Crippen LogP contribution >= 0.6 is 11.3 Å². The highest BCUT2D eigenvalue weighted by Gasteiger charge is 2.25. The van der Waals surface area contributed by atoms with Crippen LogP contribution in [-0.4, -0.2) is 27.4 Å². The van der Waals surface area contributed by atoms with E-state index < -0.39 is 6.04 Å². The molecule has 25 heavy (non-hydrogen) atoms. The summed E-state index contributed by atoms with van der Waals surface area (Å²) >= 11 is 1.59. The molecule has 3 N–H and O–H groups in total. The van der Waals surface area contributed by atoms with Crippen molar-refractivity contribution in [3.05, 3.63) is 40.6 Å². The molecule has 1 atom stereocenters. The van der Waals surface area contributed by atoms with Crippen molar-refractivity contribution in [2.45, 2.75) is 44.2 Å². The number of thiophene rings is 1. The molecule has 1 aliphatic carbocycles. The Morgan fingerprint density at radius 2 is 2.00 bits per heavy atom. The van der Waals surface area contributed by atoms with Gasteiger partial charge in [-0.05, 0) is 42.5 Å². The zero-order valence-electron chi connectivity index (χ0n) is 13.9. The molecule has 130 valence electrons. The molecule has 6 nitrogen and oxygen atoms in total. The Kier molecular flexibility index (Phi) is 4.65. The Morgan fingerprint density at radius 3 is 2.80 bits per heavy atom. The van der Waals surface area contributed by atoms with E-state index in [2.05, 4.69) is 26.0 Å². The van der Waals surface area contributed by atoms with Gasteiger partial charge in [-0.15, -0.1) is 11.3 Å². The maximum atomic E-state index is 12.9. The van der Waals surface area contributed by atoms with E-state index >= 15 is 0 Å². The van der Waals surface area contributed by atoms with Gasteiger partial charge in [-0.2, -0.15) is 15.4 Å². The molecule has 1 unspecified atom stereocenters. The average molecular weight is 355 g/mol. The van der Waals surface area contributed by atoms with Crippen molar-refractivity contribution in [3.8, 4) is 0 Å². The van der Waals surface area contributed by atoms with Crippen LogP contribution in [0.3, 0.4) is 0 Å². The van der Waals surface area contributed by atoms with Crippen LogP contribution in [0.4, 0.5) is 5.69 Å². The van der Waals surface area contributed by atoms with Crippen LogP contribution in [0.2, 0.25) is 0 Å². The maximum Gasteiger partial charge on any atom is 0.248 e. The van der Waals surface area contributed by atoms with Crippen LogP contribution in [-0.2, 0) is 4.79 Å². The van der Waals surface area contributed by atoms with Crippen molar-refractivity contribution in [2.75, 3.05) is 5.32 Å². The Morgan fingerprint density at radius 1 is 1.16 bits per heavy atom. The van der Waals surface area contributed by atoms with E-state index in [1.807, 2.05) is 35.7 Å². The third-order valence-electron chi connectivity index (χ3n) is 4.67. The number of rotatable bonds is 5. The molecule has 7 heteroatoms. The topological polar surface area (TPSA) is 82.7 Å². The van der Waals surface area contributed by atoms with Crippen LogP contribution in [0.25, 0.3) is 11.0 Å². The Balaban J connectivity index is 1.54. The highest BCUT2D eigenvalue weighted by atomic mass is 32.1. The molecular weight excluding hydrogens is 334 g/mol. The number of hydrogen-bond donors (Lipinski definition) is 3. The number of carbonyl (C=O) groups excluding carboxylic acids is 1. The highest BCUT2D eigenvalue weighted by molar-refractivity contribution is 7.10. The smallest absolute Gasteiger partial charge is 0.248 e. The summed E-state index contributed by atoms with van der Waals surface area (Å²) in [6.45, 7) is 0. The van der Waals surface area contributed by atoms with Gasteiger partial charge in [0.05, 0.1) is 0 Å². The number of aromatic amines is 1. The first-order valence-electron chi connectivity index (χ1n) is 8.70. The summed E-state index contributed by atoms with van der Waals surface area (Å²) < 4.78 is 0. The number of anilines is 1. The molecule has 2 aromatic heterocycles. The lowest BCUT2D eigenvalue weighted by molar-refractivity contribution is -0.122. The number of amides is 1. The van der Waals surface area contributed by atoms with Crippen molar-refractivity contribution in [1.29, 1.82) is 0 Å². The van der Waals surface area contributed by atoms with Gasteiger partial charge in [0.15, 0.2) is 0 Å². The first-order chi connectivity index (χ1) is 12.3. The second kappa shape index (κ2) is 7.23. The van der Waals surface area contributed by atoms with Gasteiger partial charge in [0.25, 0.3) is 0 Å². The fraction of sp³-hybridized carbons (Fsp3) is 0.389. The number of H-pyrrole nitrogens is 1. The molecule has 3 aromatic rings. The van der Waals surface area contributed by atoms with Crippen molar-refractivity contribution >= 4 is 34.0 Å². The predicted octanol–water partition coefficient (Wildman–Crippen LogP) is 3.62. The monoisotopic (exact) mass is 355 g/mol. The molecule has 0 bridgehead atoms. The van der Waals surface area contributed by atoms with Crippen molar-refractivity contribution in [3.63, 3.8) is 0 Å². The molecule has 1 aromatic carbocycles. The van der Waals surface area contributed by atoms with Crippen molar-refractivity contribution in [1.82, 2.24) is 20.7 Å². The minimum Gasteiger partial charge on any atom is -0.369 e. The molecule has 1 fully saturated rings. The third kappa shape index (κ3) is 3.66. The minimum atomic E-state index is -0.397. The van der Waals surface area contributed by atoms with Gasteiger partial charge in [0, 0.05) is 16.6 Å². The van der Waals surface area contributed by atoms with Gasteiger partial charge in [0.1, 0.15) is 17.1 Å². The molecule has 1 saturated carbocycles. The van der Waals surface area contributed by atoms with E-state index in [1.165, 1.54) is 19.3 Å². The summed E-state index contributed by atoms with van der Waals surface area (Å²) in [5.74, 6) is 0.0367. The highest BCUT2D eigenvalue weighted by Crippen LogP contribution is 2.26. The molecule has 1 aliphatic rings. The maximum absolute atomic E-state index is 12.9. The van der Waals surface area contributed by atoms with Gasteiger partial charge in [-0.3, -0.25) is 4.79 Å². The number of carbonyl (C=O) groups is 1. The van der Waals surface area contributed by atoms with E-state index in [0.717, 1.165) is 34.4 Å². The van der Waals surface area contributed by atoms with Crippen LogP contribution < -0.4 is 10.6 Å². The molecule has 4 rings (SSSR count). The lowest BCUT2D eigenvalue weighted by atomic mass is 9.95. The first-order valence-corrected chi connectivity index (χ1v) is 9.58. The Labute approximate surface area is 150 Å². The lowest BCUT2D eigenvalue weighted by Crippen LogP contribution is -2.41. The normalized spacial score (nSPS) is 16.6. The van der Waals surface area contributed by atoms with Gasteiger partial charge >= 0.3 is 0 Å². The fourth-order valence-corrected chi connectivity index (χ4v) is 4.12. The summed E-state index contributed by atoms with van der Waals surface area (Å²) in [5.41, 5.74) is 2.45. The zero-order chi connectivity index (χ0) is 17.1. The summed E-state index contributed by atoms with van der Waals surface area (Å²) in [6, 6.07) is 9.61. The standard InChI is InChI=1S/C18H21N5OS/c24-18(20-12-5-2-1-3-6-12)17(16-7-4-10-25-16)19-13-8-9-14-15(11-13)22-23-21-14/h4,7-12,17,19H,1-3,5-6H2,(H,20,24)(H,21,22,23). The SMILES string of the molecule is O=C(NC1CCCCC1)C(Nc1ccc2n[nH]nc2c1)c1cccs1. The number of fused-ring (bicyclic) bond motifs is 1. The summed E-state index contributed by atoms with van der Waals surface area (Å²) in [6.07, 6.45) is 5.83. The number of nitrogens with one attached hydrogen (secondary N) is 3. The molecule has 0 aliphatic heterocycles. The van der Waals surface area contributed by atoms with Crippen LogP contribution in [0.1, 0.15) is 43.0 Å².